The number of nitrogens with one attached hydrogen (secondary N) is 2. The Bertz CT molecular complexity index is 501. The van der Waals surface area contributed by atoms with E-state index in [9.17, 15) is 13.2 Å². The molecular weight excluding hydrogens is 246 g/mol. The molecule has 0 bridgehead atoms. The molecule has 17 heavy (non-hydrogen) atoms. The number of hydrogen-bond acceptors (Lipinski definition) is 4. The van der Waals surface area contributed by atoms with Gasteiger partial charge in [0.2, 0.25) is 0 Å². The van der Waals surface area contributed by atoms with E-state index < -0.39 is 16.2 Å². The lowest BCUT2D eigenvalue weighted by atomic mass is 10.2. The summed E-state index contributed by atoms with van der Waals surface area (Å²) in [7, 11) is -3.71. The highest BCUT2D eigenvalue weighted by atomic mass is 32.2. The minimum absolute atomic E-state index is 0.00373. The van der Waals surface area contributed by atoms with Gasteiger partial charge in [0.1, 0.15) is 0 Å². The van der Waals surface area contributed by atoms with Crippen LogP contribution in [0.2, 0.25) is 0 Å². The molecule has 0 aromatic heterocycles. The van der Waals surface area contributed by atoms with E-state index in [0.29, 0.717) is 0 Å². The molecule has 0 radical (unpaired) electrons. The van der Waals surface area contributed by atoms with Crippen LogP contribution in [0.25, 0.3) is 0 Å². The minimum atomic E-state index is -3.71. The van der Waals surface area contributed by atoms with Gasteiger partial charge in [0, 0.05) is 13.1 Å². The van der Waals surface area contributed by atoms with E-state index in [-0.39, 0.29) is 24.3 Å². The van der Waals surface area contributed by atoms with Gasteiger partial charge in [0.05, 0.1) is 11.3 Å². The Labute approximate surface area is 98.8 Å². The second kappa shape index (κ2) is 5.62. The summed E-state index contributed by atoms with van der Waals surface area (Å²) in [5.74, 6) is -1.12. The van der Waals surface area contributed by atoms with Crippen LogP contribution in [-0.2, 0) is 10.2 Å². The van der Waals surface area contributed by atoms with E-state index in [1.807, 2.05) is 0 Å². The maximum Gasteiger partial charge on any atom is 0.335 e. The molecule has 1 rings (SSSR count). The van der Waals surface area contributed by atoms with Gasteiger partial charge >= 0.3 is 5.97 Å². The summed E-state index contributed by atoms with van der Waals surface area (Å²) in [5.41, 5.74) is 5.34. The number of rotatable bonds is 6. The van der Waals surface area contributed by atoms with Crippen LogP contribution in [0.15, 0.2) is 24.3 Å². The van der Waals surface area contributed by atoms with Crippen molar-refractivity contribution >= 4 is 21.9 Å². The lowest BCUT2D eigenvalue weighted by Gasteiger charge is -2.08. The molecule has 0 fully saturated rings. The van der Waals surface area contributed by atoms with E-state index in [4.69, 9.17) is 10.8 Å². The van der Waals surface area contributed by atoms with Crippen molar-refractivity contribution < 1.29 is 18.3 Å². The predicted molar refractivity (Wildman–Crippen MR) is 63.0 cm³/mol. The topological polar surface area (TPSA) is 122 Å². The van der Waals surface area contributed by atoms with Crippen molar-refractivity contribution in [2.24, 2.45) is 5.73 Å². The Morgan fingerprint density at radius 3 is 2.71 bits per heavy atom. The van der Waals surface area contributed by atoms with Crippen molar-refractivity contribution in [2.45, 2.75) is 0 Å². The molecule has 0 aliphatic heterocycles. The Hall–Kier alpha value is -1.64. The molecule has 1 aromatic rings. The smallest absolute Gasteiger partial charge is 0.335 e. The van der Waals surface area contributed by atoms with Crippen LogP contribution in [0, 0.1) is 0 Å². The Morgan fingerprint density at radius 2 is 2.12 bits per heavy atom. The fourth-order valence-electron chi connectivity index (χ4n) is 1.10. The summed E-state index contributed by atoms with van der Waals surface area (Å²) in [4.78, 5) is 10.7. The molecule has 1 aromatic carbocycles. The third kappa shape index (κ3) is 4.39. The quantitative estimate of drug-likeness (QED) is 0.553. The molecule has 0 saturated heterocycles. The molecule has 0 saturated carbocycles. The first-order valence-corrected chi connectivity index (χ1v) is 6.24. The first-order chi connectivity index (χ1) is 7.94. The molecule has 0 heterocycles. The summed E-state index contributed by atoms with van der Waals surface area (Å²) in [6, 6.07) is 5.50. The Morgan fingerprint density at radius 1 is 1.41 bits per heavy atom. The van der Waals surface area contributed by atoms with E-state index in [1.165, 1.54) is 24.3 Å². The lowest BCUT2D eigenvalue weighted by Crippen LogP contribution is -2.33. The average Bonchev–Trinajstić information content (AvgIpc) is 2.26. The van der Waals surface area contributed by atoms with Gasteiger partial charge in [-0.1, -0.05) is 6.07 Å². The molecule has 8 heteroatoms. The fourth-order valence-corrected chi connectivity index (χ4v) is 2.00. The first-order valence-electron chi connectivity index (χ1n) is 4.75. The van der Waals surface area contributed by atoms with Crippen LogP contribution >= 0.6 is 0 Å². The van der Waals surface area contributed by atoms with Crippen molar-refractivity contribution in [2.75, 3.05) is 17.8 Å². The monoisotopic (exact) mass is 259 g/mol. The summed E-state index contributed by atoms with van der Waals surface area (Å²) < 4.78 is 27.2. The van der Waals surface area contributed by atoms with Gasteiger partial charge in [-0.25, -0.2) is 4.79 Å². The standard InChI is InChI=1S/C9H13N3O4S/c10-4-5-11-17(15,16)12-8-3-1-2-7(6-8)9(13)14/h1-3,6,11-12H,4-5,10H2,(H,13,14). The zero-order valence-electron chi connectivity index (χ0n) is 8.88. The third-order valence-electron chi connectivity index (χ3n) is 1.80. The van der Waals surface area contributed by atoms with E-state index >= 15 is 0 Å². The molecule has 94 valence electrons. The van der Waals surface area contributed by atoms with Crippen molar-refractivity contribution in [3.63, 3.8) is 0 Å². The average molecular weight is 259 g/mol. The van der Waals surface area contributed by atoms with Crippen LogP contribution in [-0.4, -0.2) is 32.6 Å². The highest BCUT2D eigenvalue weighted by molar-refractivity contribution is 7.90. The number of carbonyl (C=O) groups is 1. The molecule has 0 amide bonds. The van der Waals surface area contributed by atoms with Gasteiger partial charge in [-0.3, -0.25) is 4.72 Å². The van der Waals surface area contributed by atoms with E-state index in [2.05, 4.69) is 9.44 Å². The van der Waals surface area contributed by atoms with Crippen molar-refractivity contribution in [1.82, 2.24) is 4.72 Å². The predicted octanol–water partition coefficient (Wildman–Crippen LogP) is -0.410. The summed E-state index contributed by atoms with van der Waals surface area (Å²) in [6.45, 7) is 0.282. The summed E-state index contributed by atoms with van der Waals surface area (Å²) >= 11 is 0. The summed E-state index contributed by atoms with van der Waals surface area (Å²) in [5, 5.41) is 8.74. The van der Waals surface area contributed by atoms with Gasteiger partial charge in [-0.05, 0) is 18.2 Å². The van der Waals surface area contributed by atoms with Crippen molar-refractivity contribution in [3.8, 4) is 0 Å². The number of hydrogen-bond donors (Lipinski definition) is 4. The van der Waals surface area contributed by atoms with Crippen LogP contribution in [0.1, 0.15) is 10.4 Å². The third-order valence-corrected chi connectivity index (χ3v) is 2.89. The van der Waals surface area contributed by atoms with Crippen molar-refractivity contribution in [3.05, 3.63) is 29.8 Å². The molecule has 0 aliphatic rings. The molecule has 0 spiro atoms. The number of benzene rings is 1. The van der Waals surface area contributed by atoms with Crippen LogP contribution < -0.4 is 15.2 Å². The maximum absolute atomic E-state index is 11.4. The molecule has 5 N–H and O–H groups in total. The zero-order chi connectivity index (χ0) is 12.9. The Balaban J connectivity index is 2.81. The number of nitrogens with two attached hydrogens (primary N) is 1. The van der Waals surface area contributed by atoms with Gasteiger partial charge in [0.25, 0.3) is 10.2 Å². The fraction of sp³-hybridized carbons (Fsp3) is 0.222. The van der Waals surface area contributed by atoms with Gasteiger partial charge < -0.3 is 10.8 Å². The zero-order valence-corrected chi connectivity index (χ0v) is 9.70. The van der Waals surface area contributed by atoms with Gasteiger partial charge in [-0.2, -0.15) is 13.1 Å². The van der Waals surface area contributed by atoms with Gasteiger partial charge in [0.15, 0.2) is 0 Å². The lowest BCUT2D eigenvalue weighted by molar-refractivity contribution is 0.0697. The number of aromatic carboxylic acids is 1. The number of anilines is 1. The second-order valence-corrected chi connectivity index (χ2v) is 4.67. The normalized spacial score (nSPS) is 11.1. The first kappa shape index (κ1) is 13.4. The molecule has 0 unspecified atom stereocenters. The SMILES string of the molecule is NCCNS(=O)(=O)Nc1cccc(C(=O)O)c1. The maximum atomic E-state index is 11.4. The van der Waals surface area contributed by atoms with Crippen molar-refractivity contribution in [1.29, 1.82) is 0 Å². The van der Waals surface area contributed by atoms with Gasteiger partial charge in [-0.15, -0.1) is 0 Å². The van der Waals surface area contributed by atoms with Crippen LogP contribution in [0.4, 0.5) is 5.69 Å². The highest BCUT2D eigenvalue weighted by Crippen LogP contribution is 2.11. The number of carboxylic acid groups (broad SMARTS) is 1. The molecule has 7 nitrogen and oxygen atoms in total. The molecular formula is C9H13N3O4S. The number of carboxylic acids is 1. The second-order valence-electron chi connectivity index (χ2n) is 3.17. The van der Waals surface area contributed by atoms with E-state index in [0.717, 1.165) is 0 Å². The molecule has 0 atom stereocenters. The molecule has 0 aliphatic carbocycles. The van der Waals surface area contributed by atoms with Crippen LogP contribution in [0.3, 0.4) is 0 Å². The minimum Gasteiger partial charge on any atom is -0.478 e. The largest absolute Gasteiger partial charge is 0.478 e. The highest BCUT2D eigenvalue weighted by Gasteiger charge is 2.10. The Kier molecular flexibility index (Phi) is 4.44. The summed E-state index contributed by atoms with van der Waals surface area (Å²) in [6.07, 6.45) is 0. The van der Waals surface area contributed by atoms with Crippen LogP contribution in [0.5, 0.6) is 0 Å². The van der Waals surface area contributed by atoms with E-state index in [1.54, 1.807) is 0 Å².